The third kappa shape index (κ3) is 11.7. The maximum Gasteiger partial charge on any atom is 0.334 e. The Morgan fingerprint density at radius 1 is 0.709 bits per heavy atom. The molecule has 3 aromatic carbocycles. The number of hydrogen-bond donors (Lipinski definition) is 7. The topological polar surface area (TPSA) is 212 Å². The number of benzene rings is 3. The fourth-order valence-electron chi connectivity index (χ4n) is 18.0. The van der Waals surface area contributed by atoms with Gasteiger partial charge in [0.2, 0.25) is 0 Å². The van der Waals surface area contributed by atoms with Crippen LogP contribution < -0.4 is 10.1 Å². The van der Waals surface area contributed by atoms with E-state index in [0.29, 0.717) is 71.4 Å². The zero-order valence-corrected chi connectivity index (χ0v) is 50.2. The van der Waals surface area contributed by atoms with Crippen LogP contribution in [-0.2, 0) is 43.1 Å². The first-order chi connectivity index (χ1) is 41.5. The van der Waals surface area contributed by atoms with E-state index in [4.69, 9.17) is 14.2 Å². The zero-order chi connectivity index (χ0) is 59.5. The summed E-state index contributed by atoms with van der Waals surface area (Å²) in [5.41, 5.74) is 1.30. The molecule has 14 bridgehead atoms. The number of anilines is 1. The van der Waals surface area contributed by atoms with Crippen molar-refractivity contribution in [3.8, 4) is 35.2 Å². The number of nitrogens with one attached hydrogen (secondary N) is 1. The minimum atomic E-state index is -1.65. The van der Waals surface area contributed by atoms with Crippen molar-refractivity contribution in [1.82, 2.24) is 0 Å². The number of aromatic hydroxyl groups is 1. The molecule has 0 aromatic heterocycles. The normalized spacial score (nSPS) is 36.6. The molecule has 1 spiro atoms. The quantitative estimate of drug-likeness (QED) is 0.0724. The molecule has 13 unspecified atom stereocenters. The van der Waals surface area contributed by atoms with Gasteiger partial charge in [0.05, 0.1) is 42.7 Å². The molecule has 6 fully saturated rings. The van der Waals surface area contributed by atoms with Gasteiger partial charge in [-0.1, -0.05) is 112 Å². The molecule has 11 aliphatic rings. The first-order valence-corrected chi connectivity index (χ1v) is 33.2. The van der Waals surface area contributed by atoms with Crippen LogP contribution in [-0.4, -0.2) is 97.1 Å². The van der Waals surface area contributed by atoms with Crippen LogP contribution in [0.1, 0.15) is 217 Å². The molecule has 6 saturated carbocycles. The minimum Gasteiger partial charge on any atom is -0.507 e. The second-order valence-electron chi connectivity index (χ2n) is 28.4. The molecular formula is C73H89NO12. The highest BCUT2D eigenvalue weighted by Gasteiger charge is 2.62. The molecule has 14 rings (SSSR count). The van der Waals surface area contributed by atoms with Crippen molar-refractivity contribution in [2.75, 3.05) is 18.5 Å². The van der Waals surface area contributed by atoms with Gasteiger partial charge in [0.15, 0.2) is 0 Å². The number of Topliss-reactive ketones (excluding diaryl/α,β-unsaturated/α-hetero) is 1. The Morgan fingerprint density at radius 2 is 1.44 bits per heavy atom. The molecule has 86 heavy (non-hydrogen) atoms. The number of phenols is 1. The van der Waals surface area contributed by atoms with Gasteiger partial charge in [-0.25, -0.2) is 4.79 Å². The van der Waals surface area contributed by atoms with Crippen molar-refractivity contribution in [2.24, 2.45) is 40.9 Å². The van der Waals surface area contributed by atoms with E-state index < -0.39 is 70.7 Å². The van der Waals surface area contributed by atoms with Crippen molar-refractivity contribution >= 4 is 23.4 Å². The molecule has 13 nitrogen and oxygen atoms in total. The molecule has 5 aliphatic heterocycles. The molecule has 3 aromatic rings. The maximum atomic E-state index is 16.1. The number of carbonyl (C=O) groups is 3. The number of aliphatic hydroxyl groups excluding tert-OH is 3. The molecule has 13 heteroatoms. The lowest BCUT2D eigenvalue weighted by Crippen LogP contribution is -2.65. The van der Waals surface area contributed by atoms with Gasteiger partial charge in [-0.15, -0.1) is 0 Å². The van der Waals surface area contributed by atoms with Gasteiger partial charge in [-0.05, 0) is 172 Å². The molecule has 7 N–H and O–H groups in total. The Morgan fingerprint density at radius 3 is 2.24 bits per heavy atom. The van der Waals surface area contributed by atoms with E-state index in [1.54, 1.807) is 13.0 Å². The number of rotatable bonds is 2. The predicted molar refractivity (Wildman–Crippen MR) is 325 cm³/mol. The summed E-state index contributed by atoms with van der Waals surface area (Å²) in [6.45, 7) is 1.44. The van der Waals surface area contributed by atoms with E-state index in [9.17, 15) is 40.2 Å². The Kier molecular flexibility index (Phi) is 16.9. The Labute approximate surface area is 507 Å². The summed E-state index contributed by atoms with van der Waals surface area (Å²) in [4.78, 5) is 44.7. The molecule has 5 heterocycles. The number of aliphatic hydroxyl groups is 5. The summed E-state index contributed by atoms with van der Waals surface area (Å²) in [6.07, 6.45) is 14.1. The molecule has 0 saturated heterocycles. The van der Waals surface area contributed by atoms with Gasteiger partial charge in [0, 0.05) is 65.9 Å². The standard InChI is InChI=1S/C73H89NO12/c1-71(82)42-74-54-34-50(33-52(35-54)69(80)72(26-8-3-9-27-72)28-25-43-17-21-56(22-18-43)84-41-63(71)77)47-19-20-48-40-65(78)86-68-57(48)38-51(67(79)66(68)46-13-4-2-5-14-46)39-64-73(83)60-16-7-6-15-49(60)37-58-59(62(76)24-23-61(58)73)31-45-12-10-11-44(29-45)30-55(75)36-53(32-47)70(81)85-64/h10-12,29,33-36,38,43,46-49,55-56,58-61,63-64,69,74-75,77,79-80,82-83H,2-9,13-18,21-24,26-27,30-32,37,39-42H2,1H3. The predicted octanol–water partition coefficient (Wildman–Crippen LogP) is 10.8. The van der Waals surface area contributed by atoms with Crippen LogP contribution in [0.3, 0.4) is 0 Å². The van der Waals surface area contributed by atoms with Gasteiger partial charge in [-0.2, -0.15) is 0 Å². The first-order valence-electron chi connectivity index (χ1n) is 33.2. The van der Waals surface area contributed by atoms with Crippen molar-refractivity contribution in [2.45, 2.75) is 233 Å². The lowest BCUT2D eigenvalue weighted by atomic mass is 9.48. The Balaban J connectivity index is 1.01. The van der Waals surface area contributed by atoms with Crippen LogP contribution >= 0.6 is 0 Å². The fraction of sp³-hybridized carbons (Fsp3) is 0.630. The summed E-state index contributed by atoms with van der Waals surface area (Å²) < 4.78 is 19.7. The summed E-state index contributed by atoms with van der Waals surface area (Å²) >= 11 is 0. The van der Waals surface area contributed by atoms with Gasteiger partial charge < -0.3 is 50.2 Å². The van der Waals surface area contributed by atoms with Crippen LogP contribution in [0.15, 0.2) is 60.2 Å². The fourth-order valence-corrected chi connectivity index (χ4v) is 18.0. The van der Waals surface area contributed by atoms with Crippen molar-refractivity contribution in [3.63, 3.8) is 0 Å². The summed E-state index contributed by atoms with van der Waals surface area (Å²) in [5.74, 6) is 11.0. The summed E-state index contributed by atoms with van der Waals surface area (Å²) in [6, 6.07) is 15.6. The zero-order valence-electron chi connectivity index (χ0n) is 50.2. The Bertz CT molecular complexity index is 3230. The number of fused-ring (bicyclic) bond motifs is 16. The van der Waals surface area contributed by atoms with Crippen molar-refractivity contribution in [3.05, 3.63) is 99.1 Å². The number of ketones is 1. The highest BCUT2D eigenvalue weighted by Crippen LogP contribution is 2.60. The van der Waals surface area contributed by atoms with Gasteiger partial charge in [0.1, 0.15) is 40.7 Å². The minimum absolute atomic E-state index is 0.0231. The summed E-state index contributed by atoms with van der Waals surface area (Å²) in [5, 5.41) is 79.8. The molecule has 0 radical (unpaired) electrons. The van der Waals surface area contributed by atoms with E-state index in [2.05, 4.69) is 35.1 Å². The highest BCUT2D eigenvalue weighted by atomic mass is 16.6. The van der Waals surface area contributed by atoms with E-state index >= 15 is 4.79 Å². The number of phenolic OH excluding ortho intramolecular Hbond substituents is 1. The van der Waals surface area contributed by atoms with Crippen molar-refractivity contribution < 1.29 is 59.2 Å². The number of ether oxygens (including phenoxy) is 3. The molecule has 6 aliphatic carbocycles. The molecular weight excluding hydrogens is 1080 g/mol. The first kappa shape index (κ1) is 59.5. The summed E-state index contributed by atoms with van der Waals surface area (Å²) in [7, 11) is 0. The van der Waals surface area contributed by atoms with E-state index in [0.717, 1.165) is 114 Å². The highest BCUT2D eigenvalue weighted by molar-refractivity contribution is 5.89. The van der Waals surface area contributed by atoms with Crippen LogP contribution in [0.2, 0.25) is 0 Å². The van der Waals surface area contributed by atoms with Crippen molar-refractivity contribution in [1.29, 1.82) is 0 Å². The molecule has 458 valence electrons. The van der Waals surface area contributed by atoms with E-state index in [1.165, 1.54) is 0 Å². The lowest BCUT2D eigenvalue weighted by Gasteiger charge is -2.59. The van der Waals surface area contributed by atoms with E-state index in [-0.39, 0.29) is 104 Å². The van der Waals surface area contributed by atoms with Crippen LogP contribution in [0.5, 0.6) is 11.5 Å². The van der Waals surface area contributed by atoms with Crippen LogP contribution in [0, 0.1) is 64.6 Å². The molecule has 13 atom stereocenters. The Hall–Kier alpha value is -5.51. The van der Waals surface area contributed by atoms with Crippen LogP contribution in [0.4, 0.5) is 5.69 Å². The van der Waals surface area contributed by atoms with Gasteiger partial charge >= 0.3 is 11.9 Å². The SMILES string of the molecule is CC1(O)CNc2cc(C3C#CC4CC(=O)Oc5c4cc(c(O)c5C4CCCCC4)CC4OC(=O)C(=CC(O)Cc5cccc(c5)CC5C(=O)CCC6C5CC5CCCCC5C46O)C3)cc(c2)C(O)C2(C#CC3CCC(CC3)OCC1O)CCCCC2. The second kappa shape index (κ2) is 24.5. The van der Waals surface area contributed by atoms with Crippen LogP contribution in [0.25, 0.3) is 0 Å². The third-order valence-electron chi connectivity index (χ3n) is 22.8. The number of hydrogen-bond acceptors (Lipinski definition) is 13. The smallest absolute Gasteiger partial charge is 0.334 e. The van der Waals surface area contributed by atoms with Gasteiger partial charge in [-0.3, -0.25) is 9.59 Å². The number of carbonyl (C=O) groups excluding carboxylic acids is 3. The largest absolute Gasteiger partial charge is 0.507 e. The average Bonchev–Trinajstić information content (AvgIpc) is 0.908. The van der Waals surface area contributed by atoms with Gasteiger partial charge in [0.25, 0.3) is 0 Å². The molecule has 0 amide bonds. The average molecular weight is 1170 g/mol. The second-order valence-corrected chi connectivity index (χ2v) is 28.4. The monoisotopic (exact) mass is 1170 g/mol. The lowest BCUT2D eigenvalue weighted by molar-refractivity contribution is -0.228. The maximum absolute atomic E-state index is 16.1. The van der Waals surface area contributed by atoms with E-state index in [1.807, 2.05) is 42.5 Å². The number of esters is 2. The third-order valence-corrected chi connectivity index (χ3v) is 22.8.